The molecule has 2 rings (SSSR count). The van der Waals surface area contributed by atoms with Crippen LogP contribution in [0.25, 0.3) is 11.1 Å². The van der Waals surface area contributed by atoms with Crippen LogP contribution in [0.15, 0.2) is 51.7 Å². The van der Waals surface area contributed by atoms with Gasteiger partial charge in [-0.15, -0.1) is 0 Å². The molecule has 0 aliphatic heterocycles. The highest BCUT2D eigenvalue weighted by molar-refractivity contribution is 9.10. The van der Waals surface area contributed by atoms with E-state index in [1.807, 2.05) is 24.3 Å². The summed E-state index contributed by atoms with van der Waals surface area (Å²) in [5.74, 6) is 0. The van der Waals surface area contributed by atoms with Crippen LogP contribution in [0, 0.1) is 0 Å². The highest BCUT2D eigenvalue weighted by Gasteiger charge is 1.99. The molecule has 0 fully saturated rings. The van der Waals surface area contributed by atoms with Gasteiger partial charge in [0.25, 0.3) is 0 Å². The second kappa shape index (κ2) is 3.15. The highest BCUT2D eigenvalue weighted by atomic mass is 79.9. The van der Waals surface area contributed by atoms with Crippen LogP contribution in [0.1, 0.15) is 0 Å². The molecule has 0 atom stereocenters. The van der Waals surface area contributed by atoms with Gasteiger partial charge < -0.3 is 4.42 Å². The average Bonchev–Trinajstić information content (AvgIpc) is 2.54. The smallest absolute Gasteiger partial charge is 0.169 e. The van der Waals surface area contributed by atoms with Gasteiger partial charge in [-0.1, -0.05) is 30.3 Å². The molecule has 0 spiro atoms. The molecule has 1 heterocycles. The minimum absolute atomic E-state index is 0.765. The maximum Gasteiger partial charge on any atom is 0.169 e. The molecule has 2 heteroatoms. The van der Waals surface area contributed by atoms with Crippen molar-refractivity contribution in [2.45, 2.75) is 0 Å². The molecular formula is C10H7BrO. The van der Waals surface area contributed by atoms with Crippen molar-refractivity contribution >= 4 is 15.9 Å². The SMILES string of the molecule is Brc1cc(-c2ccccc2)co1. The molecule has 0 amide bonds. The maximum absolute atomic E-state index is 5.14. The minimum atomic E-state index is 0.765. The van der Waals surface area contributed by atoms with Crippen LogP contribution in [0.5, 0.6) is 0 Å². The summed E-state index contributed by atoms with van der Waals surface area (Å²) in [7, 11) is 0. The number of hydrogen-bond acceptors (Lipinski definition) is 1. The molecule has 0 bridgehead atoms. The number of benzene rings is 1. The first-order valence-electron chi connectivity index (χ1n) is 3.66. The van der Waals surface area contributed by atoms with Crippen LogP contribution in [0.4, 0.5) is 0 Å². The van der Waals surface area contributed by atoms with Crippen LogP contribution in [0.3, 0.4) is 0 Å². The summed E-state index contributed by atoms with van der Waals surface area (Å²) in [4.78, 5) is 0. The Morgan fingerprint density at radius 3 is 2.33 bits per heavy atom. The van der Waals surface area contributed by atoms with Crippen molar-refractivity contribution in [2.75, 3.05) is 0 Å². The molecule has 60 valence electrons. The summed E-state index contributed by atoms with van der Waals surface area (Å²) in [6.07, 6.45) is 1.74. The van der Waals surface area contributed by atoms with Crippen LogP contribution in [-0.4, -0.2) is 0 Å². The van der Waals surface area contributed by atoms with Crippen LogP contribution in [-0.2, 0) is 0 Å². The molecule has 1 nitrogen and oxygen atoms in total. The standard InChI is InChI=1S/C10H7BrO/c11-10-6-9(7-12-10)8-4-2-1-3-5-8/h1-7H. The second-order valence-corrected chi connectivity index (χ2v) is 3.29. The van der Waals surface area contributed by atoms with Gasteiger partial charge in [0.05, 0.1) is 6.26 Å². The third-order valence-corrected chi connectivity index (χ3v) is 2.09. The van der Waals surface area contributed by atoms with E-state index < -0.39 is 0 Å². The van der Waals surface area contributed by atoms with Crippen LogP contribution >= 0.6 is 15.9 Å². The largest absolute Gasteiger partial charge is 0.457 e. The van der Waals surface area contributed by atoms with Crippen LogP contribution < -0.4 is 0 Å². The second-order valence-electron chi connectivity index (χ2n) is 2.51. The van der Waals surface area contributed by atoms with Gasteiger partial charge in [-0.2, -0.15) is 0 Å². The number of hydrogen-bond donors (Lipinski definition) is 0. The quantitative estimate of drug-likeness (QED) is 0.718. The van der Waals surface area contributed by atoms with E-state index in [1.54, 1.807) is 6.26 Å². The van der Waals surface area contributed by atoms with Gasteiger partial charge in [0, 0.05) is 5.56 Å². The molecule has 0 aliphatic carbocycles. The highest BCUT2D eigenvalue weighted by Crippen LogP contribution is 2.24. The molecule has 1 aromatic carbocycles. The minimum Gasteiger partial charge on any atom is -0.457 e. The van der Waals surface area contributed by atoms with E-state index in [2.05, 4.69) is 28.1 Å². The summed E-state index contributed by atoms with van der Waals surface area (Å²) in [6, 6.07) is 12.1. The van der Waals surface area contributed by atoms with Gasteiger partial charge >= 0.3 is 0 Å². The monoisotopic (exact) mass is 222 g/mol. The van der Waals surface area contributed by atoms with Crippen molar-refractivity contribution in [3.8, 4) is 11.1 Å². The molecular weight excluding hydrogens is 216 g/mol. The van der Waals surface area contributed by atoms with E-state index in [1.165, 1.54) is 5.56 Å². The predicted molar refractivity (Wildman–Crippen MR) is 51.8 cm³/mol. The Kier molecular flexibility index (Phi) is 2.00. The Hall–Kier alpha value is -1.02. The van der Waals surface area contributed by atoms with Crippen LogP contribution in [0.2, 0.25) is 0 Å². The van der Waals surface area contributed by atoms with E-state index in [0.717, 1.165) is 10.2 Å². The number of rotatable bonds is 1. The van der Waals surface area contributed by atoms with Crippen molar-refractivity contribution in [3.05, 3.63) is 47.3 Å². The zero-order valence-corrected chi connectivity index (χ0v) is 7.91. The Morgan fingerprint density at radius 2 is 1.75 bits per heavy atom. The third kappa shape index (κ3) is 1.43. The first kappa shape index (κ1) is 7.62. The first-order valence-corrected chi connectivity index (χ1v) is 4.45. The lowest BCUT2D eigenvalue weighted by atomic mass is 10.1. The van der Waals surface area contributed by atoms with Crippen molar-refractivity contribution in [1.82, 2.24) is 0 Å². The van der Waals surface area contributed by atoms with E-state index in [0.29, 0.717) is 0 Å². The van der Waals surface area contributed by atoms with Crippen molar-refractivity contribution < 1.29 is 4.42 Å². The topological polar surface area (TPSA) is 13.1 Å². The van der Waals surface area contributed by atoms with Gasteiger partial charge in [0.2, 0.25) is 0 Å². The van der Waals surface area contributed by atoms with Crippen molar-refractivity contribution in [2.24, 2.45) is 0 Å². The molecule has 0 saturated carbocycles. The van der Waals surface area contributed by atoms with Gasteiger partial charge in [-0.25, -0.2) is 0 Å². The lowest BCUT2D eigenvalue weighted by Gasteiger charge is -1.92. The van der Waals surface area contributed by atoms with E-state index >= 15 is 0 Å². The third-order valence-electron chi connectivity index (χ3n) is 1.67. The lowest BCUT2D eigenvalue weighted by molar-refractivity contribution is 0.542. The molecule has 0 radical (unpaired) electrons. The predicted octanol–water partition coefficient (Wildman–Crippen LogP) is 3.71. The molecule has 2 aromatic rings. The summed E-state index contributed by atoms with van der Waals surface area (Å²) in [5, 5.41) is 0. The van der Waals surface area contributed by atoms with E-state index in [-0.39, 0.29) is 0 Å². The first-order chi connectivity index (χ1) is 5.86. The Labute approximate surface area is 79.2 Å². The normalized spacial score (nSPS) is 10.1. The van der Waals surface area contributed by atoms with Gasteiger partial charge in [0.1, 0.15) is 0 Å². The van der Waals surface area contributed by atoms with Gasteiger partial charge in [-0.3, -0.25) is 0 Å². The lowest BCUT2D eigenvalue weighted by Crippen LogP contribution is -1.69. The summed E-state index contributed by atoms with van der Waals surface area (Å²) < 4.78 is 5.90. The summed E-state index contributed by atoms with van der Waals surface area (Å²) in [5.41, 5.74) is 2.27. The Balaban J connectivity index is 2.45. The molecule has 0 N–H and O–H groups in total. The fourth-order valence-corrected chi connectivity index (χ4v) is 1.43. The van der Waals surface area contributed by atoms with E-state index in [9.17, 15) is 0 Å². The zero-order chi connectivity index (χ0) is 8.39. The van der Waals surface area contributed by atoms with Gasteiger partial charge in [-0.05, 0) is 27.6 Å². The molecule has 0 aliphatic rings. The fraction of sp³-hybridized carbons (Fsp3) is 0. The molecule has 1 aromatic heterocycles. The summed E-state index contributed by atoms with van der Waals surface area (Å²) >= 11 is 3.26. The number of furan rings is 1. The molecule has 0 saturated heterocycles. The molecule has 12 heavy (non-hydrogen) atoms. The molecule has 0 unspecified atom stereocenters. The maximum atomic E-state index is 5.14. The average molecular weight is 223 g/mol. The Morgan fingerprint density at radius 1 is 1.00 bits per heavy atom. The zero-order valence-electron chi connectivity index (χ0n) is 6.33. The van der Waals surface area contributed by atoms with Crippen molar-refractivity contribution in [1.29, 1.82) is 0 Å². The van der Waals surface area contributed by atoms with Gasteiger partial charge in [0.15, 0.2) is 4.67 Å². The van der Waals surface area contributed by atoms with E-state index in [4.69, 9.17) is 4.42 Å². The van der Waals surface area contributed by atoms with Crippen molar-refractivity contribution in [3.63, 3.8) is 0 Å². The fourth-order valence-electron chi connectivity index (χ4n) is 1.09. The number of halogens is 1. The summed E-state index contributed by atoms with van der Waals surface area (Å²) in [6.45, 7) is 0. The Bertz CT molecular complexity index is 364.